The molecule has 32 heavy (non-hydrogen) atoms. The molecule has 0 aliphatic carbocycles. The number of rotatable bonds is 6. The Bertz CT molecular complexity index is 1160. The molecule has 1 saturated heterocycles. The molecule has 0 saturated carbocycles. The number of aromatic nitrogens is 2. The average molecular weight is 435 g/mol. The van der Waals surface area contributed by atoms with Gasteiger partial charge < -0.3 is 14.6 Å². The number of aryl methyl sites for hydroxylation is 1. The molecule has 4 rings (SSSR count). The van der Waals surface area contributed by atoms with Crippen LogP contribution in [0, 0.1) is 6.92 Å². The lowest BCUT2D eigenvalue weighted by Crippen LogP contribution is -2.49. The lowest BCUT2D eigenvalue weighted by molar-refractivity contribution is -0.135. The van der Waals surface area contributed by atoms with Crippen molar-refractivity contribution in [3.8, 4) is 5.75 Å². The number of hydrogen-bond acceptors (Lipinski definition) is 5. The van der Waals surface area contributed by atoms with Gasteiger partial charge in [0.05, 0.1) is 17.4 Å². The van der Waals surface area contributed by atoms with E-state index in [1.54, 1.807) is 6.07 Å². The van der Waals surface area contributed by atoms with Crippen LogP contribution in [-0.2, 0) is 11.3 Å². The van der Waals surface area contributed by atoms with Gasteiger partial charge in [0.1, 0.15) is 11.6 Å². The van der Waals surface area contributed by atoms with E-state index in [4.69, 9.17) is 4.74 Å². The number of ether oxygens (including phenoxy) is 1. The molecule has 2 heterocycles. The summed E-state index contributed by atoms with van der Waals surface area (Å²) in [5, 5.41) is 0.598. The molecule has 1 aliphatic rings. The van der Waals surface area contributed by atoms with E-state index >= 15 is 0 Å². The largest absolute Gasteiger partial charge is 0.484 e. The maximum Gasteiger partial charge on any atom is 0.260 e. The van der Waals surface area contributed by atoms with E-state index in [0.717, 1.165) is 18.8 Å². The Kier molecular flexibility index (Phi) is 6.55. The van der Waals surface area contributed by atoms with Gasteiger partial charge in [0.15, 0.2) is 6.61 Å². The van der Waals surface area contributed by atoms with Gasteiger partial charge in [-0.3, -0.25) is 14.5 Å². The van der Waals surface area contributed by atoms with Gasteiger partial charge in [0.2, 0.25) is 0 Å². The maximum absolute atomic E-state index is 12.6. The average Bonchev–Trinajstić information content (AvgIpc) is 2.78. The zero-order valence-corrected chi connectivity index (χ0v) is 18.9. The number of carbonyl (C=O) groups excluding carboxylic acids is 1. The van der Waals surface area contributed by atoms with Gasteiger partial charge in [0.25, 0.3) is 11.5 Å². The number of nitrogens with one attached hydrogen (secondary N) is 1. The van der Waals surface area contributed by atoms with E-state index in [1.165, 1.54) is 11.1 Å². The first kappa shape index (κ1) is 22.0. The Balaban J connectivity index is 1.28. The highest BCUT2D eigenvalue weighted by molar-refractivity contribution is 5.78. The summed E-state index contributed by atoms with van der Waals surface area (Å²) in [5.74, 6) is 1.83. The van der Waals surface area contributed by atoms with Crippen molar-refractivity contribution >= 4 is 16.8 Å². The summed E-state index contributed by atoms with van der Waals surface area (Å²) in [6, 6.07) is 13.3. The van der Waals surface area contributed by atoms with Gasteiger partial charge >= 0.3 is 0 Å². The molecule has 168 valence electrons. The molecule has 1 N–H and O–H groups in total. The first-order valence-electron chi connectivity index (χ1n) is 11.1. The third-order valence-corrected chi connectivity index (χ3v) is 5.99. The molecule has 1 fully saturated rings. The lowest BCUT2D eigenvalue weighted by atomic mass is 9.98. The second-order valence-corrected chi connectivity index (χ2v) is 8.65. The molecule has 0 radical (unpaired) electrons. The Morgan fingerprint density at radius 1 is 1.12 bits per heavy atom. The first-order valence-corrected chi connectivity index (χ1v) is 11.1. The van der Waals surface area contributed by atoms with E-state index < -0.39 is 0 Å². The fraction of sp³-hybridized carbons (Fsp3) is 0.400. The van der Waals surface area contributed by atoms with Crippen LogP contribution in [0.5, 0.6) is 5.75 Å². The molecule has 2 aromatic carbocycles. The number of benzene rings is 2. The number of hydrogen-bond donors (Lipinski definition) is 1. The van der Waals surface area contributed by atoms with Crippen molar-refractivity contribution in [2.75, 3.05) is 32.8 Å². The van der Waals surface area contributed by atoms with Gasteiger partial charge in [-0.2, -0.15) is 0 Å². The molecule has 1 amide bonds. The Labute approximate surface area is 188 Å². The van der Waals surface area contributed by atoms with E-state index in [1.807, 2.05) is 35.2 Å². The lowest BCUT2D eigenvalue weighted by Gasteiger charge is -2.34. The third-order valence-electron chi connectivity index (χ3n) is 5.99. The van der Waals surface area contributed by atoms with Crippen LogP contribution in [0.15, 0.2) is 47.3 Å². The summed E-state index contributed by atoms with van der Waals surface area (Å²) in [6.07, 6.45) is 0. The van der Waals surface area contributed by atoms with E-state index in [2.05, 4.69) is 41.7 Å². The summed E-state index contributed by atoms with van der Waals surface area (Å²) in [6.45, 7) is 9.71. The second kappa shape index (κ2) is 9.53. The number of fused-ring (bicyclic) bond motifs is 1. The van der Waals surface area contributed by atoms with Crippen LogP contribution >= 0.6 is 0 Å². The molecular formula is C25H30N4O3. The van der Waals surface area contributed by atoms with Gasteiger partial charge in [-0.25, -0.2) is 4.98 Å². The van der Waals surface area contributed by atoms with Crippen molar-refractivity contribution in [2.24, 2.45) is 0 Å². The molecule has 0 bridgehead atoms. The third kappa shape index (κ3) is 4.99. The van der Waals surface area contributed by atoms with Crippen molar-refractivity contribution in [1.29, 1.82) is 0 Å². The highest BCUT2D eigenvalue weighted by Crippen LogP contribution is 2.23. The summed E-state index contributed by atoms with van der Waals surface area (Å²) in [5.41, 5.74) is 3.06. The standard InChI is InChI=1S/C25H30N4O3/c1-17(2)20-9-8-19(14-18(20)3)32-16-24(30)29-12-10-28(11-13-29)15-23-26-22-7-5-4-6-21(22)25(31)27-23/h4-9,14,17H,10-13,15-16H2,1-3H3,(H,26,27,31). The quantitative estimate of drug-likeness (QED) is 0.645. The molecule has 0 unspecified atom stereocenters. The molecule has 1 aromatic heterocycles. The fourth-order valence-electron chi connectivity index (χ4n) is 4.20. The summed E-state index contributed by atoms with van der Waals surface area (Å²) >= 11 is 0. The highest BCUT2D eigenvalue weighted by atomic mass is 16.5. The topological polar surface area (TPSA) is 78.5 Å². The Morgan fingerprint density at radius 2 is 1.88 bits per heavy atom. The van der Waals surface area contributed by atoms with Crippen LogP contribution in [0.25, 0.3) is 10.9 Å². The normalized spacial score (nSPS) is 14.8. The second-order valence-electron chi connectivity index (χ2n) is 8.65. The van der Waals surface area contributed by atoms with E-state index in [0.29, 0.717) is 42.3 Å². The molecule has 7 nitrogen and oxygen atoms in total. The van der Waals surface area contributed by atoms with Crippen LogP contribution in [-0.4, -0.2) is 58.5 Å². The number of para-hydroxylation sites is 1. The van der Waals surface area contributed by atoms with Gasteiger partial charge in [-0.05, 0) is 48.2 Å². The van der Waals surface area contributed by atoms with Crippen LogP contribution in [0.2, 0.25) is 0 Å². The number of nitrogens with zero attached hydrogens (tertiary/aromatic N) is 3. The zero-order chi connectivity index (χ0) is 22.7. The molecule has 1 aliphatic heterocycles. The molecule has 0 spiro atoms. The van der Waals surface area contributed by atoms with Gasteiger partial charge in [-0.15, -0.1) is 0 Å². The summed E-state index contributed by atoms with van der Waals surface area (Å²) in [7, 11) is 0. The number of piperazine rings is 1. The van der Waals surface area contributed by atoms with Crippen LogP contribution in [0.4, 0.5) is 0 Å². The number of amides is 1. The molecule has 0 atom stereocenters. The van der Waals surface area contributed by atoms with Crippen LogP contribution in [0.3, 0.4) is 0 Å². The monoisotopic (exact) mass is 434 g/mol. The first-order chi connectivity index (χ1) is 15.4. The van der Waals surface area contributed by atoms with Gasteiger partial charge in [-0.1, -0.05) is 32.0 Å². The zero-order valence-electron chi connectivity index (χ0n) is 18.9. The van der Waals surface area contributed by atoms with Crippen molar-refractivity contribution in [1.82, 2.24) is 19.8 Å². The van der Waals surface area contributed by atoms with Gasteiger partial charge in [0, 0.05) is 26.2 Å². The summed E-state index contributed by atoms with van der Waals surface area (Å²) < 4.78 is 5.76. The number of H-pyrrole nitrogens is 1. The Morgan fingerprint density at radius 3 is 2.59 bits per heavy atom. The summed E-state index contributed by atoms with van der Waals surface area (Å²) in [4.78, 5) is 36.4. The fourth-order valence-corrected chi connectivity index (χ4v) is 4.20. The van der Waals surface area contributed by atoms with E-state index in [9.17, 15) is 9.59 Å². The maximum atomic E-state index is 12.6. The number of aromatic amines is 1. The van der Waals surface area contributed by atoms with Crippen molar-refractivity contribution in [3.63, 3.8) is 0 Å². The molecule has 7 heteroatoms. The minimum atomic E-state index is -0.117. The predicted octanol–water partition coefficient (Wildman–Crippen LogP) is 3.08. The molecule has 3 aromatic rings. The van der Waals surface area contributed by atoms with Crippen molar-refractivity contribution in [3.05, 3.63) is 69.8 Å². The van der Waals surface area contributed by atoms with Crippen LogP contribution < -0.4 is 10.3 Å². The highest BCUT2D eigenvalue weighted by Gasteiger charge is 2.22. The van der Waals surface area contributed by atoms with Crippen molar-refractivity contribution in [2.45, 2.75) is 33.2 Å². The van der Waals surface area contributed by atoms with E-state index in [-0.39, 0.29) is 18.1 Å². The smallest absolute Gasteiger partial charge is 0.260 e. The minimum Gasteiger partial charge on any atom is -0.484 e. The SMILES string of the molecule is Cc1cc(OCC(=O)N2CCN(Cc3nc4ccccc4c(=O)[nH]3)CC2)ccc1C(C)C. The molecular weight excluding hydrogens is 404 g/mol. The predicted molar refractivity (Wildman–Crippen MR) is 125 cm³/mol. The van der Waals surface area contributed by atoms with Crippen molar-refractivity contribution < 1.29 is 9.53 Å². The number of carbonyl (C=O) groups is 1. The minimum absolute atomic E-state index is 0.00697. The van der Waals surface area contributed by atoms with Crippen LogP contribution in [0.1, 0.15) is 36.7 Å². The Hall–Kier alpha value is -3.19.